The van der Waals surface area contributed by atoms with E-state index in [2.05, 4.69) is 20.6 Å². The van der Waals surface area contributed by atoms with Gasteiger partial charge in [-0.25, -0.2) is 18.2 Å². The number of hydrogen-bond donors (Lipinski definition) is 2. The summed E-state index contributed by atoms with van der Waals surface area (Å²) in [6.07, 6.45) is 2.11. The topological polar surface area (TPSA) is 49.8 Å². The Bertz CT molecular complexity index is 701. The van der Waals surface area contributed by atoms with Crippen LogP contribution in [-0.4, -0.2) is 16.5 Å². The predicted octanol–water partition coefficient (Wildman–Crippen LogP) is 3.95. The van der Waals surface area contributed by atoms with Gasteiger partial charge in [-0.15, -0.1) is 0 Å². The molecule has 2 N–H and O–H groups in total. The molecule has 0 saturated heterocycles. The third-order valence-corrected chi connectivity index (χ3v) is 3.37. The van der Waals surface area contributed by atoms with Crippen LogP contribution in [0.5, 0.6) is 0 Å². The van der Waals surface area contributed by atoms with Crippen molar-refractivity contribution in [2.24, 2.45) is 0 Å². The number of aromatic nitrogens is 2. The molecule has 0 amide bonds. The monoisotopic (exact) mass is 308 g/mol. The van der Waals surface area contributed by atoms with Gasteiger partial charge in [-0.05, 0) is 31.9 Å². The molecule has 3 rings (SSSR count). The van der Waals surface area contributed by atoms with Gasteiger partial charge in [0.2, 0.25) is 5.95 Å². The summed E-state index contributed by atoms with van der Waals surface area (Å²) in [4.78, 5) is 8.60. The molecule has 116 valence electrons. The van der Waals surface area contributed by atoms with Crippen molar-refractivity contribution in [2.45, 2.75) is 25.7 Å². The molecule has 0 radical (unpaired) electrons. The van der Waals surface area contributed by atoms with Crippen LogP contribution in [0.1, 0.15) is 31.4 Å². The number of halogens is 3. The molecule has 4 nitrogen and oxygen atoms in total. The van der Waals surface area contributed by atoms with Crippen molar-refractivity contribution in [2.75, 3.05) is 17.2 Å². The molecule has 1 aliphatic carbocycles. The Morgan fingerprint density at radius 1 is 1.14 bits per heavy atom. The molecule has 0 bridgehead atoms. The predicted molar refractivity (Wildman–Crippen MR) is 77.8 cm³/mol. The molecule has 1 heterocycles. The fourth-order valence-electron chi connectivity index (χ4n) is 2.12. The van der Waals surface area contributed by atoms with Gasteiger partial charge in [0, 0.05) is 18.5 Å². The summed E-state index contributed by atoms with van der Waals surface area (Å²) in [6.45, 7) is 2.56. The first-order chi connectivity index (χ1) is 10.6. The highest BCUT2D eigenvalue weighted by Gasteiger charge is 2.26. The molecular weight excluding hydrogens is 293 g/mol. The summed E-state index contributed by atoms with van der Waals surface area (Å²) < 4.78 is 40.0. The van der Waals surface area contributed by atoms with Gasteiger partial charge in [0.15, 0.2) is 17.5 Å². The van der Waals surface area contributed by atoms with Crippen LogP contribution in [0.4, 0.5) is 30.6 Å². The molecule has 1 aromatic heterocycles. The Labute approximate surface area is 125 Å². The SMILES string of the molecule is CCNc1nc(Nc2ccc(F)c(F)c2F)cc(C2CC2)n1. The Hall–Kier alpha value is -2.31. The van der Waals surface area contributed by atoms with Crippen molar-refractivity contribution < 1.29 is 13.2 Å². The molecule has 1 aromatic carbocycles. The second-order valence-electron chi connectivity index (χ2n) is 5.15. The minimum absolute atomic E-state index is 0.165. The summed E-state index contributed by atoms with van der Waals surface area (Å²) >= 11 is 0. The summed E-state index contributed by atoms with van der Waals surface area (Å²) in [5, 5.41) is 5.69. The van der Waals surface area contributed by atoms with Crippen LogP contribution in [0.3, 0.4) is 0 Å². The zero-order valence-corrected chi connectivity index (χ0v) is 12.0. The number of anilines is 3. The minimum atomic E-state index is -1.51. The summed E-state index contributed by atoms with van der Waals surface area (Å²) in [5.41, 5.74) is 0.693. The van der Waals surface area contributed by atoms with E-state index in [9.17, 15) is 13.2 Å². The average molecular weight is 308 g/mol. The Morgan fingerprint density at radius 2 is 1.91 bits per heavy atom. The van der Waals surface area contributed by atoms with Gasteiger partial charge in [-0.1, -0.05) is 0 Å². The number of rotatable bonds is 5. The molecule has 0 aliphatic heterocycles. The third kappa shape index (κ3) is 2.98. The van der Waals surface area contributed by atoms with E-state index in [1.807, 2.05) is 6.92 Å². The molecule has 0 atom stereocenters. The van der Waals surface area contributed by atoms with E-state index >= 15 is 0 Å². The lowest BCUT2D eigenvalue weighted by Crippen LogP contribution is -2.07. The summed E-state index contributed by atoms with van der Waals surface area (Å²) in [6, 6.07) is 3.72. The van der Waals surface area contributed by atoms with E-state index in [1.54, 1.807) is 6.07 Å². The Kier molecular flexibility index (Phi) is 3.87. The van der Waals surface area contributed by atoms with E-state index in [4.69, 9.17) is 0 Å². The first kappa shape index (κ1) is 14.6. The molecular formula is C15H15F3N4. The van der Waals surface area contributed by atoms with Crippen LogP contribution in [0.15, 0.2) is 18.2 Å². The second-order valence-corrected chi connectivity index (χ2v) is 5.15. The van der Waals surface area contributed by atoms with E-state index in [1.165, 1.54) is 0 Å². The van der Waals surface area contributed by atoms with Crippen LogP contribution < -0.4 is 10.6 Å². The molecule has 1 fully saturated rings. The van der Waals surface area contributed by atoms with Crippen molar-refractivity contribution in [3.8, 4) is 0 Å². The fraction of sp³-hybridized carbons (Fsp3) is 0.333. The van der Waals surface area contributed by atoms with Gasteiger partial charge in [0.25, 0.3) is 0 Å². The van der Waals surface area contributed by atoms with Gasteiger partial charge in [0.05, 0.1) is 11.4 Å². The maximum Gasteiger partial charge on any atom is 0.224 e. The number of nitrogens with zero attached hydrogens (tertiary/aromatic N) is 2. The summed E-state index contributed by atoms with van der Waals surface area (Å²) in [7, 11) is 0. The van der Waals surface area contributed by atoms with Gasteiger partial charge >= 0.3 is 0 Å². The molecule has 1 saturated carbocycles. The van der Waals surface area contributed by atoms with Crippen LogP contribution in [0.25, 0.3) is 0 Å². The van der Waals surface area contributed by atoms with Crippen LogP contribution in [0.2, 0.25) is 0 Å². The lowest BCUT2D eigenvalue weighted by Gasteiger charge is -2.11. The molecule has 7 heteroatoms. The fourth-order valence-corrected chi connectivity index (χ4v) is 2.12. The third-order valence-electron chi connectivity index (χ3n) is 3.37. The zero-order chi connectivity index (χ0) is 15.7. The van der Waals surface area contributed by atoms with Crippen molar-refractivity contribution in [1.29, 1.82) is 0 Å². The van der Waals surface area contributed by atoms with Gasteiger partial charge < -0.3 is 10.6 Å². The summed E-state index contributed by atoms with van der Waals surface area (Å²) in [5.74, 6) is -2.84. The van der Waals surface area contributed by atoms with Crippen molar-refractivity contribution >= 4 is 17.5 Å². The van der Waals surface area contributed by atoms with Crippen molar-refractivity contribution in [1.82, 2.24) is 9.97 Å². The highest BCUT2D eigenvalue weighted by atomic mass is 19.2. The highest BCUT2D eigenvalue weighted by Crippen LogP contribution is 2.40. The van der Waals surface area contributed by atoms with Crippen LogP contribution >= 0.6 is 0 Å². The smallest absolute Gasteiger partial charge is 0.224 e. The lowest BCUT2D eigenvalue weighted by atomic mass is 10.2. The largest absolute Gasteiger partial charge is 0.354 e. The quantitative estimate of drug-likeness (QED) is 0.821. The van der Waals surface area contributed by atoms with E-state index in [0.717, 1.165) is 30.7 Å². The first-order valence-corrected chi connectivity index (χ1v) is 7.12. The van der Waals surface area contributed by atoms with Gasteiger partial charge in [-0.2, -0.15) is 4.98 Å². The highest BCUT2D eigenvalue weighted by molar-refractivity contribution is 5.59. The minimum Gasteiger partial charge on any atom is -0.354 e. The maximum atomic E-state index is 13.7. The Morgan fingerprint density at radius 3 is 2.59 bits per heavy atom. The lowest BCUT2D eigenvalue weighted by molar-refractivity contribution is 0.449. The van der Waals surface area contributed by atoms with Crippen molar-refractivity contribution in [3.63, 3.8) is 0 Å². The Balaban J connectivity index is 1.92. The zero-order valence-electron chi connectivity index (χ0n) is 12.0. The van der Waals surface area contributed by atoms with Crippen molar-refractivity contribution in [3.05, 3.63) is 41.3 Å². The molecule has 2 aromatic rings. The van der Waals surface area contributed by atoms with Crippen LogP contribution in [0, 0.1) is 17.5 Å². The second kappa shape index (κ2) is 5.82. The number of benzene rings is 1. The van der Waals surface area contributed by atoms with Crippen LogP contribution in [-0.2, 0) is 0 Å². The molecule has 0 unspecified atom stereocenters. The number of nitrogens with one attached hydrogen (secondary N) is 2. The molecule has 22 heavy (non-hydrogen) atoms. The van der Waals surface area contributed by atoms with E-state index in [-0.39, 0.29) is 5.69 Å². The number of hydrogen-bond acceptors (Lipinski definition) is 4. The average Bonchev–Trinajstić information content (AvgIpc) is 3.33. The normalized spacial score (nSPS) is 14.0. The van der Waals surface area contributed by atoms with E-state index in [0.29, 0.717) is 24.2 Å². The van der Waals surface area contributed by atoms with E-state index < -0.39 is 17.5 Å². The first-order valence-electron chi connectivity index (χ1n) is 7.12. The van der Waals surface area contributed by atoms with Gasteiger partial charge in [-0.3, -0.25) is 0 Å². The standard InChI is InChI=1S/C15H15F3N4/c1-2-19-15-21-11(8-3-4-8)7-12(22-15)20-10-6-5-9(16)13(17)14(10)18/h5-8H,2-4H2,1H3,(H2,19,20,21,22). The van der Waals surface area contributed by atoms with Gasteiger partial charge in [0.1, 0.15) is 5.82 Å². The molecule has 0 spiro atoms. The molecule has 1 aliphatic rings. The maximum absolute atomic E-state index is 13.7.